The Kier molecular flexibility index (Phi) is 6.11. The van der Waals surface area contributed by atoms with Gasteiger partial charge in [-0.3, -0.25) is 4.79 Å². The van der Waals surface area contributed by atoms with Gasteiger partial charge in [-0.15, -0.1) is 0 Å². The average molecular weight is 446 g/mol. The SMILES string of the molecule is NC(=O)C1CCCN1c1cccc(OC(Cc2cc(Cl)cc(Cl)c2)c2ncc[nH]2)n1. The van der Waals surface area contributed by atoms with Crippen LogP contribution in [0.1, 0.15) is 30.3 Å². The van der Waals surface area contributed by atoms with Gasteiger partial charge in [-0.1, -0.05) is 29.3 Å². The van der Waals surface area contributed by atoms with Crippen molar-refractivity contribution < 1.29 is 9.53 Å². The molecule has 3 heterocycles. The molecule has 0 radical (unpaired) electrons. The van der Waals surface area contributed by atoms with Crippen molar-refractivity contribution in [2.24, 2.45) is 5.73 Å². The summed E-state index contributed by atoms with van der Waals surface area (Å²) in [6.07, 6.45) is 5.10. The van der Waals surface area contributed by atoms with Crippen LogP contribution in [-0.2, 0) is 11.2 Å². The number of amides is 1. The highest BCUT2D eigenvalue weighted by molar-refractivity contribution is 6.34. The number of imidazole rings is 1. The lowest BCUT2D eigenvalue weighted by atomic mass is 10.1. The lowest BCUT2D eigenvalue weighted by Crippen LogP contribution is -2.40. The second kappa shape index (κ2) is 8.93. The van der Waals surface area contributed by atoms with Crippen molar-refractivity contribution in [1.29, 1.82) is 0 Å². The minimum absolute atomic E-state index is 0.341. The molecule has 1 aliphatic rings. The highest BCUT2D eigenvalue weighted by atomic mass is 35.5. The average Bonchev–Trinajstić information content (AvgIpc) is 3.39. The quantitative estimate of drug-likeness (QED) is 0.573. The molecule has 0 aliphatic carbocycles. The van der Waals surface area contributed by atoms with Crippen LogP contribution < -0.4 is 15.4 Å². The lowest BCUT2D eigenvalue weighted by molar-refractivity contribution is -0.119. The van der Waals surface area contributed by atoms with E-state index in [4.69, 9.17) is 33.7 Å². The van der Waals surface area contributed by atoms with Crippen molar-refractivity contribution in [1.82, 2.24) is 15.0 Å². The van der Waals surface area contributed by atoms with E-state index in [2.05, 4.69) is 15.0 Å². The van der Waals surface area contributed by atoms with E-state index in [-0.39, 0.29) is 11.9 Å². The Morgan fingerprint density at radius 3 is 2.80 bits per heavy atom. The number of halogens is 2. The molecule has 3 aromatic rings. The van der Waals surface area contributed by atoms with E-state index in [1.165, 1.54) is 0 Å². The van der Waals surface area contributed by atoms with Gasteiger partial charge in [0.05, 0.1) is 0 Å². The topological polar surface area (TPSA) is 97.1 Å². The molecule has 0 bridgehead atoms. The molecule has 7 nitrogen and oxygen atoms in total. The summed E-state index contributed by atoms with van der Waals surface area (Å²) in [7, 11) is 0. The standard InChI is InChI=1S/C21H21Cl2N5O2/c22-14-9-13(10-15(23)12-14)11-17(21-25-6-7-26-21)30-19-5-1-4-18(27-19)28-8-2-3-16(28)20(24)29/h1,4-7,9-10,12,16-17H,2-3,8,11H2,(H2,24,29)(H,25,26). The first-order chi connectivity index (χ1) is 14.5. The zero-order valence-corrected chi connectivity index (χ0v) is 17.6. The Bertz CT molecular complexity index is 1010. The van der Waals surface area contributed by atoms with E-state index in [0.717, 1.165) is 24.9 Å². The van der Waals surface area contributed by atoms with E-state index in [1.807, 2.05) is 29.2 Å². The summed E-state index contributed by atoms with van der Waals surface area (Å²) in [6.45, 7) is 0.729. The van der Waals surface area contributed by atoms with Gasteiger partial charge < -0.3 is 20.4 Å². The van der Waals surface area contributed by atoms with Crippen LogP contribution in [0.25, 0.3) is 0 Å². The number of rotatable bonds is 7. The summed E-state index contributed by atoms with van der Waals surface area (Å²) in [4.78, 5) is 25.7. The number of hydrogen-bond acceptors (Lipinski definition) is 5. The minimum Gasteiger partial charge on any atom is -0.466 e. The molecule has 30 heavy (non-hydrogen) atoms. The number of carbonyl (C=O) groups is 1. The summed E-state index contributed by atoms with van der Waals surface area (Å²) < 4.78 is 6.20. The molecule has 1 fully saturated rings. The molecule has 0 saturated carbocycles. The van der Waals surface area contributed by atoms with Crippen LogP contribution in [0.5, 0.6) is 5.88 Å². The Morgan fingerprint density at radius 2 is 2.10 bits per heavy atom. The summed E-state index contributed by atoms with van der Waals surface area (Å²) in [5.41, 5.74) is 6.46. The monoisotopic (exact) mass is 445 g/mol. The molecule has 9 heteroatoms. The van der Waals surface area contributed by atoms with Crippen molar-refractivity contribution >= 4 is 34.9 Å². The van der Waals surface area contributed by atoms with Crippen LogP contribution in [0.4, 0.5) is 5.82 Å². The van der Waals surface area contributed by atoms with Crippen molar-refractivity contribution in [3.8, 4) is 5.88 Å². The van der Waals surface area contributed by atoms with Gasteiger partial charge >= 0.3 is 0 Å². The predicted molar refractivity (Wildman–Crippen MR) is 116 cm³/mol. The van der Waals surface area contributed by atoms with Gasteiger partial charge in [0.2, 0.25) is 11.8 Å². The zero-order valence-electron chi connectivity index (χ0n) is 16.1. The van der Waals surface area contributed by atoms with Gasteiger partial charge in [-0.05, 0) is 42.7 Å². The molecule has 2 atom stereocenters. The van der Waals surface area contributed by atoms with Crippen LogP contribution in [0.3, 0.4) is 0 Å². The number of pyridine rings is 1. The number of nitrogens with one attached hydrogen (secondary N) is 1. The second-order valence-electron chi connectivity index (χ2n) is 7.15. The fraction of sp³-hybridized carbons (Fsp3) is 0.286. The van der Waals surface area contributed by atoms with Crippen molar-refractivity contribution in [3.63, 3.8) is 0 Å². The fourth-order valence-electron chi connectivity index (χ4n) is 3.70. The van der Waals surface area contributed by atoms with Crippen LogP contribution in [-0.4, -0.2) is 33.4 Å². The maximum atomic E-state index is 11.7. The minimum atomic E-state index is -0.428. The number of carbonyl (C=O) groups excluding carboxylic acids is 1. The molecule has 2 unspecified atom stereocenters. The van der Waals surface area contributed by atoms with Gasteiger partial charge in [0.1, 0.15) is 17.7 Å². The Balaban J connectivity index is 1.58. The summed E-state index contributed by atoms with van der Waals surface area (Å²) >= 11 is 12.3. The number of aromatic amines is 1. The predicted octanol–water partition coefficient (Wildman–Crippen LogP) is 3.93. The zero-order chi connectivity index (χ0) is 21.1. The Hall–Kier alpha value is -2.77. The third kappa shape index (κ3) is 4.68. The van der Waals surface area contributed by atoms with Gasteiger partial charge in [0, 0.05) is 41.5 Å². The van der Waals surface area contributed by atoms with E-state index in [0.29, 0.717) is 34.0 Å². The molecule has 4 rings (SSSR count). The molecule has 2 aromatic heterocycles. The van der Waals surface area contributed by atoms with Crippen molar-refractivity contribution in [2.75, 3.05) is 11.4 Å². The molecule has 0 spiro atoms. The lowest BCUT2D eigenvalue weighted by Gasteiger charge is -2.24. The van der Waals surface area contributed by atoms with Crippen LogP contribution in [0.2, 0.25) is 10.0 Å². The smallest absolute Gasteiger partial charge is 0.240 e. The summed E-state index contributed by atoms with van der Waals surface area (Å²) in [6, 6.07) is 10.5. The van der Waals surface area contributed by atoms with Crippen molar-refractivity contribution in [2.45, 2.75) is 31.4 Å². The molecule has 1 saturated heterocycles. The van der Waals surface area contributed by atoms with E-state index < -0.39 is 6.10 Å². The molecule has 1 aromatic carbocycles. The van der Waals surface area contributed by atoms with Crippen molar-refractivity contribution in [3.05, 3.63) is 70.2 Å². The largest absolute Gasteiger partial charge is 0.466 e. The molecule has 1 amide bonds. The number of benzene rings is 1. The third-order valence-corrected chi connectivity index (χ3v) is 5.45. The molecule has 156 valence electrons. The summed E-state index contributed by atoms with van der Waals surface area (Å²) in [5.74, 6) is 1.41. The number of primary amides is 1. The molecular formula is C21H21Cl2N5O2. The number of aromatic nitrogens is 3. The number of anilines is 1. The van der Waals surface area contributed by atoms with E-state index >= 15 is 0 Å². The van der Waals surface area contributed by atoms with Gasteiger partial charge in [-0.2, -0.15) is 4.98 Å². The first kappa shape index (κ1) is 20.5. The number of nitrogens with two attached hydrogens (primary N) is 1. The maximum Gasteiger partial charge on any atom is 0.240 e. The van der Waals surface area contributed by atoms with Crippen LogP contribution in [0.15, 0.2) is 48.8 Å². The number of ether oxygens (including phenoxy) is 1. The van der Waals surface area contributed by atoms with Gasteiger partial charge in [-0.25, -0.2) is 4.98 Å². The first-order valence-corrected chi connectivity index (χ1v) is 10.4. The van der Waals surface area contributed by atoms with E-state index in [1.54, 1.807) is 24.5 Å². The fourth-order valence-corrected chi connectivity index (χ4v) is 4.27. The Morgan fingerprint density at radius 1 is 1.30 bits per heavy atom. The van der Waals surface area contributed by atoms with Gasteiger partial charge in [0.25, 0.3) is 0 Å². The number of nitrogens with zero attached hydrogens (tertiary/aromatic N) is 3. The highest BCUT2D eigenvalue weighted by Gasteiger charge is 2.30. The second-order valence-corrected chi connectivity index (χ2v) is 8.02. The Labute approximate surface area is 184 Å². The molecule has 3 N–H and O–H groups in total. The van der Waals surface area contributed by atoms with Gasteiger partial charge in [0.15, 0.2) is 6.10 Å². The number of H-pyrrole nitrogens is 1. The van der Waals surface area contributed by atoms with Crippen LogP contribution in [0, 0.1) is 0 Å². The first-order valence-electron chi connectivity index (χ1n) is 9.63. The maximum absolute atomic E-state index is 11.7. The third-order valence-electron chi connectivity index (χ3n) is 5.02. The molecule has 1 aliphatic heterocycles. The summed E-state index contributed by atoms with van der Waals surface area (Å²) in [5, 5.41) is 1.12. The molecular weight excluding hydrogens is 425 g/mol. The number of hydrogen-bond donors (Lipinski definition) is 2. The highest BCUT2D eigenvalue weighted by Crippen LogP contribution is 2.29. The van der Waals surface area contributed by atoms with E-state index in [9.17, 15) is 4.79 Å². The normalized spacial score (nSPS) is 17.1. The van der Waals surface area contributed by atoms with Crippen LogP contribution >= 0.6 is 23.2 Å².